The fourth-order valence-electron chi connectivity index (χ4n) is 0.785. The molecule has 1 N–H and O–H groups in total. The number of amides is 1. The number of carbonyl (C=O) groups excluding carboxylic acids is 2. The molecule has 0 aromatic rings. The minimum Gasteiger partial charge on any atom is -0.464 e. The number of nitrogens with one attached hydrogen (secondary N) is 1. The summed E-state index contributed by atoms with van der Waals surface area (Å²) in [4.78, 5) is 22.3. The maximum absolute atomic E-state index is 11.3. The largest absolute Gasteiger partial charge is 0.464 e. The van der Waals surface area contributed by atoms with Crippen LogP contribution in [0.5, 0.6) is 0 Å². The predicted molar refractivity (Wildman–Crippen MR) is 50.9 cm³/mol. The van der Waals surface area contributed by atoms with Gasteiger partial charge in [0.05, 0.1) is 13.2 Å². The minimum atomic E-state index is -1.05. The molecule has 5 heteroatoms. The first-order chi connectivity index (χ1) is 6.44. The summed E-state index contributed by atoms with van der Waals surface area (Å²) in [5.74, 6) is -0.479. The van der Waals surface area contributed by atoms with E-state index in [2.05, 4.69) is 10.1 Å². The molecule has 0 aliphatic rings. The van der Waals surface area contributed by atoms with Gasteiger partial charge in [0.1, 0.15) is 5.54 Å². The molecule has 14 heavy (non-hydrogen) atoms. The van der Waals surface area contributed by atoms with Crippen molar-refractivity contribution in [3.63, 3.8) is 0 Å². The van der Waals surface area contributed by atoms with Gasteiger partial charge >= 0.3 is 12.1 Å². The summed E-state index contributed by atoms with van der Waals surface area (Å²) in [5, 5.41) is 2.41. The van der Waals surface area contributed by atoms with E-state index in [9.17, 15) is 9.59 Å². The van der Waals surface area contributed by atoms with Gasteiger partial charge in [-0.05, 0) is 27.7 Å². The number of carbonyl (C=O) groups is 2. The van der Waals surface area contributed by atoms with E-state index in [4.69, 9.17) is 4.74 Å². The molecule has 0 aliphatic heterocycles. The van der Waals surface area contributed by atoms with Crippen molar-refractivity contribution in [1.82, 2.24) is 5.32 Å². The standard InChI is InChI=1S/C9H17NO4/c1-5-13-7(11)9(3,4)10-8(12)14-6-2/h5-6H2,1-4H3,(H,10,12). The molecule has 1 amide bonds. The van der Waals surface area contributed by atoms with E-state index in [1.807, 2.05) is 0 Å². The molecule has 0 bridgehead atoms. The molecule has 0 rings (SSSR count). The maximum atomic E-state index is 11.3. The van der Waals surface area contributed by atoms with Crippen molar-refractivity contribution in [1.29, 1.82) is 0 Å². The Hall–Kier alpha value is -1.26. The second kappa shape index (κ2) is 5.47. The van der Waals surface area contributed by atoms with Crippen LogP contribution >= 0.6 is 0 Å². The molecule has 0 saturated carbocycles. The number of alkyl carbamates (subject to hydrolysis) is 1. The summed E-state index contributed by atoms with van der Waals surface area (Å²) < 4.78 is 9.42. The molecule has 0 radical (unpaired) electrons. The van der Waals surface area contributed by atoms with Gasteiger partial charge in [-0.2, -0.15) is 0 Å². The zero-order valence-corrected chi connectivity index (χ0v) is 9.05. The molecular formula is C9H17NO4. The first kappa shape index (κ1) is 12.7. The Labute approximate surface area is 83.8 Å². The normalized spacial score (nSPS) is 10.6. The average molecular weight is 203 g/mol. The van der Waals surface area contributed by atoms with Gasteiger partial charge in [-0.25, -0.2) is 9.59 Å². The molecule has 0 saturated heterocycles. The van der Waals surface area contributed by atoms with Gasteiger partial charge < -0.3 is 14.8 Å². The maximum Gasteiger partial charge on any atom is 0.408 e. The molecule has 5 nitrogen and oxygen atoms in total. The van der Waals surface area contributed by atoms with Crippen LogP contribution in [-0.2, 0) is 14.3 Å². The molecule has 0 unspecified atom stereocenters. The number of esters is 1. The van der Waals surface area contributed by atoms with Crippen molar-refractivity contribution in [3.05, 3.63) is 0 Å². The lowest BCUT2D eigenvalue weighted by Gasteiger charge is -2.22. The van der Waals surface area contributed by atoms with Gasteiger partial charge in [0.25, 0.3) is 0 Å². The van der Waals surface area contributed by atoms with Crippen molar-refractivity contribution in [2.75, 3.05) is 13.2 Å². The van der Waals surface area contributed by atoms with Crippen LogP contribution in [0.25, 0.3) is 0 Å². The van der Waals surface area contributed by atoms with Crippen LogP contribution in [0, 0.1) is 0 Å². The fourth-order valence-corrected chi connectivity index (χ4v) is 0.785. The summed E-state index contributed by atoms with van der Waals surface area (Å²) in [7, 11) is 0. The van der Waals surface area contributed by atoms with Crippen LogP contribution < -0.4 is 5.32 Å². The predicted octanol–water partition coefficient (Wildman–Crippen LogP) is 1.07. The lowest BCUT2D eigenvalue weighted by molar-refractivity contribution is -0.149. The van der Waals surface area contributed by atoms with E-state index in [-0.39, 0.29) is 13.2 Å². The van der Waals surface area contributed by atoms with Gasteiger partial charge in [0.15, 0.2) is 0 Å². The molecule has 0 aliphatic carbocycles. The van der Waals surface area contributed by atoms with E-state index in [0.29, 0.717) is 0 Å². The van der Waals surface area contributed by atoms with Crippen LogP contribution in [0.1, 0.15) is 27.7 Å². The van der Waals surface area contributed by atoms with Gasteiger partial charge in [-0.15, -0.1) is 0 Å². The SMILES string of the molecule is CCOC(=O)NC(C)(C)C(=O)OCC. The van der Waals surface area contributed by atoms with Crippen LogP contribution in [0.4, 0.5) is 4.79 Å². The highest BCUT2D eigenvalue weighted by Crippen LogP contribution is 2.05. The zero-order valence-electron chi connectivity index (χ0n) is 9.05. The second-order valence-electron chi connectivity index (χ2n) is 3.19. The number of rotatable bonds is 4. The molecule has 0 fully saturated rings. The lowest BCUT2D eigenvalue weighted by atomic mass is 10.1. The lowest BCUT2D eigenvalue weighted by Crippen LogP contribution is -2.50. The van der Waals surface area contributed by atoms with Crippen LogP contribution in [-0.4, -0.2) is 30.8 Å². The second-order valence-corrected chi connectivity index (χ2v) is 3.19. The summed E-state index contributed by atoms with van der Waals surface area (Å²) in [6.07, 6.45) is -0.620. The average Bonchev–Trinajstić information content (AvgIpc) is 2.03. The van der Waals surface area contributed by atoms with Crippen molar-refractivity contribution < 1.29 is 19.1 Å². The Morgan fingerprint density at radius 1 is 1.14 bits per heavy atom. The Morgan fingerprint density at radius 3 is 2.07 bits per heavy atom. The summed E-state index contributed by atoms with van der Waals surface area (Å²) in [6, 6.07) is 0. The number of ether oxygens (including phenoxy) is 2. The Kier molecular flexibility index (Phi) is 4.97. The van der Waals surface area contributed by atoms with Gasteiger partial charge in [-0.3, -0.25) is 0 Å². The van der Waals surface area contributed by atoms with Gasteiger partial charge in [0, 0.05) is 0 Å². The molecule has 0 aromatic heterocycles. The third-order valence-corrected chi connectivity index (χ3v) is 1.48. The van der Waals surface area contributed by atoms with Crippen LogP contribution in [0.2, 0.25) is 0 Å². The molecule has 0 heterocycles. The first-order valence-corrected chi connectivity index (χ1v) is 4.56. The third kappa shape index (κ3) is 4.11. The Balaban J connectivity index is 4.18. The molecule has 0 aromatic carbocycles. The van der Waals surface area contributed by atoms with E-state index >= 15 is 0 Å². The molecule has 0 atom stereocenters. The summed E-state index contributed by atoms with van der Waals surface area (Å²) in [6.45, 7) is 7.07. The highest BCUT2D eigenvalue weighted by molar-refractivity contribution is 5.84. The van der Waals surface area contributed by atoms with Crippen molar-refractivity contribution >= 4 is 12.1 Å². The van der Waals surface area contributed by atoms with E-state index in [1.165, 1.54) is 0 Å². The van der Waals surface area contributed by atoms with Gasteiger partial charge in [0.2, 0.25) is 0 Å². The molecule has 82 valence electrons. The van der Waals surface area contributed by atoms with Gasteiger partial charge in [-0.1, -0.05) is 0 Å². The minimum absolute atomic E-state index is 0.269. The first-order valence-electron chi connectivity index (χ1n) is 4.56. The Bertz CT molecular complexity index is 213. The van der Waals surface area contributed by atoms with Crippen molar-refractivity contribution in [2.45, 2.75) is 33.2 Å². The smallest absolute Gasteiger partial charge is 0.408 e. The van der Waals surface area contributed by atoms with Crippen LogP contribution in [0.15, 0.2) is 0 Å². The highest BCUT2D eigenvalue weighted by Gasteiger charge is 2.31. The Morgan fingerprint density at radius 2 is 1.64 bits per heavy atom. The topological polar surface area (TPSA) is 64.6 Å². The summed E-state index contributed by atoms with van der Waals surface area (Å²) >= 11 is 0. The molecular weight excluding hydrogens is 186 g/mol. The zero-order chi connectivity index (χ0) is 11.2. The quantitative estimate of drug-likeness (QED) is 0.694. The monoisotopic (exact) mass is 203 g/mol. The summed E-state index contributed by atoms with van der Waals surface area (Å²) in [5.41, 5.74) is -1.05. The van der Waals surface area contributed by atoms with E-state index in [1.54, 1.807) is 27.7 Å². The molecule has 0 spiro atoms. The van der Waals surface area contributed by atoms with Crippen LogP contribution in [0.3, 0.4) is 0 Å². The highest BCUT2D eigenvalue weighted by atomic mass is 16.6. The van der Waals surface area contributed by atoms with E-state index < -0.39 is 17.6 Å². The van der Waals surface area contributed by atoms with E-state index in [0.717, 1.165) is 0 Å². The van der Waals surface area contributed by atoms with Crippen molar-refractivity contribution in [2.24, 2.45) is 0 Å². The third-order valence-electron chi connectivity index (χ3n) is 1.48. The fraction of sp³-hybridized carbons (Fsp3) is 0.778. The number of hydrogen-bond donors (Lipinski definition) is 1. The van der Waals surface area contributed by atoms with Crippen molar-refractivity contribution in [3.8, 4) is 0 Å². The number of hydrogen-bond acceptors (Lipinski definition) is 4.